The first kappa shape index (κ1) is 18.6. The van der Waals surface area contributed by atoms with Crippen LogP contribution in [0, 0.1) is 0 Å². The van der Waals surface area contributed by atoms with Gasteiger partial charge < -0.3 is 15.0 Å². The molecule has 0 saturated carbocycles. The Bertz CT molecular complexity index is 620. The van der Waals surface area contributed by atoms with E-state index in [4.69, 9.17) is 4.74 Å². The number of carbonyl (C=O) groups is 1. The summed E-state index contributed by atoms with van der Waals surface area (Å²) >= 11 is 2.04. The third-order valence-electron chi connectivity index (χ3n) is 5.44. The van der Waals surface area contributed by atoms with Gasteiger partial charge in [-0.15, -0.1) is 0 Å². The lowest BCUT2D eigenvalue weighted by Crippen LogP contribution is -2.43. The Balaban J connectivity index is 1.76. The van der Waals surface area contributed by atoms with Crippen molar-refractivity contribution < 1.29 is 9.53 Å². The number of nitrogens with zero attached hydrogens (tertiary/aromatic N) is 1. The van der Waals surface area contributed by atoms with Gasteiger partial charge in [0.25, 0.3) is 0 Å². The van der Waals surface area contributed by atoms with Crippen molar-refractivity contribution in [3.8, 4) is 0 Å². The molecule has 0 spiro atoms. The molecule has 1 saturated heterocycles. The number of benzene rings is 1. The van der Waals surface area contributed by atoms with Gasteiger partial charge in [-0.05, 0) is 56.5 Å². The van der Waals surface area contributed by atoms with Crippen LogP contribution in [0.1, 0.15) is 54.4 Å². The Kier molecular flexibility index (Phi) is 5.95. The average molecular weight is 363 g/mol. The van der Waals surface area contributed by atoms with Crippen LogP contribution in [0.2, 0.25) is 0 Å². The molecular weight excluding hydrogens is 332 g/mol. The highest BCUT2D eigenvalue weighted by Gasteiger charge is 2.46. The third kappa shape index (κ3) is 3.98. The van der Waals surface area contributed by atoms with Crippen LogP contribution in [0.4, 0.5) is 5.69 Å². The van der Waals surface area contributed by atoms with E-state index in [0.717, 1.165) is 12.3 Å². The fraction of sp³-hybridized carbons (Fsp3) is 0.650. The Hall–Kier alpha value is -1.20. The van der Waals surface area contributed by atoms with Gasteiger partial charge in [-0.25, -0.2) is 4.79 Å². The number of carbonyl (C=O) groups excluding carboxylic acids is 1. The number of esters is 1. The summed E-state index contributed by atoms with van der Waals surface area (Å²) in [6.45, 7) is 3.44. The van der Waals surface area contributed by atoms with E-state index in [1.807, 2.05) is 36.8 Å². The Labute approximate surface area is 155 Å². The quantitative estimate of drug-likeness (QED) is 0.743. The Morgan fingerprint density at radius 3 is 3.04 bits per heavy atom. The van der Waals surface area contributed by atoms with Gasteiger partial charge in [0.15, 0.2) is 0 Å². The normalized spacial score (nSPS) is 24.6. The zero-order chi connectivity index (χ0) is 17.9. The molecule has 2 unspecified atom stereocenters. The number of fused-ring (bicyclic) bond motifs is 3. The maximum Gasteiger partial charge on any atom is 0.338 e. The molecule has 0 amide bonds. The Morgan fingerprint density at radius 2 is 2.28 bits per heavy atom. The van der Waals surface area contributed by atoms with Gasteiger partial charge in [0.2, 0.25) is 0 Å². The zero-order valence-electron chi connectivity index (χ0n) is 15.6. The van der Waals surface area contributed by atoms with Gasteiger partial charge in [0.05, 0.1) is 5.56 Å². The first-order valence-corrected chi connectivity index (χ1v) is 10.5. The van der Waals surface area contributed by atoms with Gasteiger partial charge in [-0.1, -0.05) is 19.8 Å². The van der Waals surface area contributed by atoms with Crippen LogP contribution in [0.5, 0.6) is 0 Å². The molecular formula is C20H30N2O2S. The van der Waals surface area contributed by atoms with Crippen LogP contribution >= 0.6 is 11.8 Å². The summed E-state index contributed by atoms with van der Waals surface area (Å²) in [5.74, 6) is 2.66. The van der Waals surface area contributed by atoms with Gasteiger partial charge in [0.1, 0.15) is 6.61 Å². The molecule has 0 radical (unpaired) electrons. The maximum atomic E-state index is 12.4. The molecule has 1 aromatic carbocycles. The van der Waals surface area contributed by atoms with Gasteiger partial charge >= 0.3 is 5.97 Å². The van der Waals surface area contributed by atoms with Crippen LogP contribution < -0.4 is 5.32 Å². The second-order valence-corrected chi connectivity index (χ2v) is 8.65. The third-order valence-corrected chi connectivity index (χ3v) is 6.50. The van der Waals surface area contributed by atoms with Crippen LogP contribution in [-0.2, 0) is 4.74 Å². The number of anilines is 1. The van der Waals surface area contributed by atoms with Crippen molar-refractivity contribution in [2.24, 2.45) is 0 Å². The number of unbranched alkanes of at least 4 members (excludes halogenated alkanes) is 1. The molecule has 2 aliphatic rings. The monoisotopic (exact) mass is 362 g/mol. The Morgan fingerprint density at radius 1 is 1.44 bits per heavy atom. The first-order chi connectivity index (χ1) is 12.1. The number of thioether (sulfide) groups is 1. The SMILES string of the molecule is CCCCC12CCSCC1c1cc(C(=O)OCCN(C)C)ccc1N2. The lowest BCUT2D eigenvalue weighted by molar-refractivity contribution is 0.0481. The van der Waals surface area contributed by atoms with Crippen molar-refractivity contribution in [3.05, 3.63) is 29.3 Å². The molecule has 1 fully saturated rings. The number of nitrogens with one attached hydrogen (secondary N) is 1. The lowest BCUT2D eigenvalue weighted by atomic mass is 9.78. The molecule has 4 nitrogen and oxygen atoms in total. The van der Waals surface area contributed by atoms with Gasteiger partial charge in [-0.2, -0.15) is 11.8 Å². The highest BCUT2D eigenvalue weighted by Crippen LogP contribution is 2.51. The van der Waals surface area contributed by atoms with Crippen molar-refractivity contribution >= 4 is 23.4 Å². The molecule has 0 aliphatic carbocycles. The number of hydrogen-bond acceptors (Lipinski definition) is 5. The minimum Gasteiger partial charge on any atom is -0.461 e. The zero-order valence-corrected chi connectivity index (χ0v) is 16.5. The van der Waals surface area contributed by atoms with E-state index in [1.165, 1.54) is 42.7 Å². The summed E-state index contributed by atoms with van der Waals surface area (Å²) in [6.07, 6.45) is 4.90. The molecule has 138 valence electrons. The molecule has 2 heterocycles. The predicted molar refractivity (Wildman–Crippen MR) is 106 cm³/mol. The standard InChI is InChI=1S/C20H30N2O2S/c1-4-5-8-20-9-12-25-14-17(20)16-13-15(6-7-18(16)21-20)19(23)24-11-10-22(2)3/h6-7,13,17,21H,4-5,8-12,14H2,1-3H3. The molecule has 0 aromatic heterocycles. The fourth-order valence-electron chi connectivity index (χ4n) is 3.94. The fourth-order valence-corrected chi connectivity index (χ4v) is 5.35. The minimum atomic E-state index is -0.209. The van der Waals surface area contributed by atoms with E-state index in [9.17, 15) is 4.79 Å². The summed E-state index contributed by atoms with van der Waals surface area (Å²) in [4.78, 5) is 14.4. The highest BCUT2D eigenvalue weighted by molar-refractivity contribution is 7.99. The van der Waals surface area contributed by atoms with Crippen LogP contribution in [-0.4, -0.2) is 55.2 Å². The first-order valence-electron chi connectivity index (χ1n) is 9.37. The summed E-state index contributed by atoms with van der Waals surface area (Å²) in [5.41, 5.74) is 3.40. The van der Waals surface area contributed by atoms with E-state index in [0.29, 0.717) is 18.1 Å². The van der Waals surface area contributed by atoms with Crippen molar-refractivity contribution in [2.75, 3.05) is 44.1 Å². The number of ether oxygens (including phenoxy) is 1. The topological polar surface area (TPSA) is 41.6 Å². The van der Waals surface area contributed by atoms with Gasteiger partial charge in [0, 0.05) is 29.4 Å². The van der Waals surface area contributed by atoms with Crippen LogP contribution in [0.25, 0.3) is 0 Å². The van der Waals surface area contributed by atoms with Crippen LogP contribution in [0.3, 0.4) is 0 Å². The molecule has 2 atom stereocenters. The molecule has 3 rings (SSSR count). The van der Waals surface area contributed by atoms with Crippen molar-refractivity contribution in [2.45, 2.75) is 44.1 Å². The second kappa shape index (κ2) is 8.00. The van der Waals surface area contributed by atoms with Crippen LogP contribution in [0.15, 0.2) is 18.2 Å². The number of likely N-dealkylation sites (N-methyl/N-ethyl adjacent to an activating group) is 1. The van der Waals surface area contributed by atoms with Crippen molar-refractivity contribution in [1.82, 2.24) is 4.90 Å². The predicted octanol–water partition coefficient (Wildman–Crippen LogP) is 3.98. The van der Waals surface area contributed by atoms with E-state index >= 15 is 0 Å². The number of hydrogen-bond donors (Lipinski definition) is 1. The van der Waals surface area contributed by atoms with Crippen molar-refractivity contribution in [1.29, 1.82) is 0 Å². The van der Waals surface area contributed by atoms with E-state index in [1.54, 1.807) is 0 Å². The minimum absolute atomic E-state index is 0.192. The molecule has 2 aliphatic heterocycles. The number of rotatable bonds is 7. The average Bonchev–Trinajstić information content (AvgIpc) is 2.93. The van der Waals surface area contributed by atoms with E-state index in [2.05, 4.69) is 24.4 Å². The summed E-state index contributed by atoms with van der Waals surface area (Å²) in [6, 6.07) is 6.06. The summed E-state index contributed by atoms with van der Waals surface area (Å²) in [5, 5.41) is 3.84. The highest BCUT2D eigenvalue weighted by atomic mass is 32.2. The summed E-state index contributed by atoms with van der Waals surface area (Å²) in [7, 11) is 3.96. The van der Waals surface area contributed by atoms with E-state index in [-0.39, 0.29) is 11.5 Å². The van der Waals surface area contributed by atoms with Gasteiger partial charge in [-0.3, -0.25) is 0 Å². The second-order valence-electron chi connectivity index (χ2n) is 7.50. The maximum absolute atomic E-state index is 12.4. The molecule has 1 N–H and O–H groups in total. The van der Waals surface area contributed by atoms with Crippen molar-refractivity contribution in [3.63, 3.8) is 0 Å². The molecule has 5 heteroatoms. The smallest absolute Gasteiger partial charge is 0.338 e. The largest absolute Gasteiger partial charge is 0.461 e. The summed E-state index contributed by atoms with van der Waals surface area (Å²) < 4.78 is 5.42. The molecule has 0 bridgehead atoms. The molecule has 25 heavy (non-hydrogen) atoms. The van der Waals surface area contributed by atoms with E-state index < -0.39 is 0 Å². The molecule has 1 aromatic rings. The lowest BCUT2D eigenvalue weighted by Gasteiger charge is -2.40.